The molecule has 8 nitrogen and oxygen atoms in total. The standard InChI is InChI=1S/C18H21FN2O6S2/c1-26-15-5-8-18(17(13-15)27-2)29(24,25)21-11-9-20(10-12-21)28(22,23)16-6-3-14(19)4-7-16/h3-8,13H,9-12H2,1-2H3. The van der Waals surface area contributed by atoms with E-state index in [1.54, 1.807) is 0 Å². The molecule has 2 aromatic carbocycles. The smallest absolute Gasteiger partial charge is 0.246 e. The Labute approximate surface area is 169 Å². The van der Waals surface area contributed by atoms with Crippen LogP contribution in [0.1, 0.15) is 0 Å². The predicted molar refractivity (Wildman–Crippen MR) is 103 cm³/mol. The summed E-state index contributed by atoms with van der Waals surface area (Å²) < 4.78 is 77.2. The molecule has 158 valence electrons. The Bertz CT molecular complexity index is 1080. The summed E-state index contributed by atoms with van der Waals surface area (Å²) in [6.45, 7) is -0.0648. The Morgan fingerprint density at radius 1 is 0.793 bits per heavy atom. The van der Waals surface area contributed by atoms with E-state index < -0.39 is 25.9 Å². The highest BCUT2D eigenvalue weighted by Crippen LogP contribution is 2.31. The zero-order valence-corrected chi connectivity index (χ0v) is 17.5. The van der Waals surface area contributed by atoms with Gasteiger partial charge in [-0.15, -0.1) is 0 Å². The molecule has 0 atom stereocenters. The third-order valence-electron chi connectivity index (χ3n) is 4.64. The van der Waals surface area contributed by atoms with E-state index in [-0.39, 0.29) is 41.7 Å². The van der Waals surface area contributed by atoms with E-state index in [1.807, 2.05) is 0 Å². The van der Waals surface area contributed by atoms with Gasteiger partial charge in [-0.25, -0.2) is 21.2 Å². The van der Waals surface area contributed by atoms with Crippen LogP contribution in [0.15, 0.2) is 52.3 Å². The van der Waals surface area contributed by atoms with Gasteiger partial charge in [0.15, 0.2) is 0 Å². The van der Waals surface area contributed by atoms with Crippen LogP contribution in [0.3, 0.4) is 0 Å². The van der Waals surface area contributed by atoms with Crippen LogP contribution in [0, 0.1) is 5.82 Å². The highest BCUT2D eigenvalue weighted by molar-refractivity contribution is 7.89. The topological polar surface area (TPSA) is 93.2 Å². The van der Waals surface area contributed by atoms with Gasteiger partial charge in [0.25, 0.3) is 0 Å². The number of hydrogen-bond acceptors (Lipinski definition) is 6. The number of nitrogens with zero attached hydrogens (tertiary/aromatic N) is 2. The summed E-state index contributed by atoms with van der Waals surface area (Å²) in [5, 5.41) is 0. The Kier molecular flexibility index (Phi) is 6.13. The summed E-state index contributed by atoms with van der Waals surface area (Å²) in [7, 11) is -4.89. The van der Waals surface area contributed by atoms with Crippen LogP contribution in [0.4, 0.5) is 4.39 Å². The molecule has 0 N–H and O–H groups in total. The van der Waals surface area contributed by atoms with E-state index in [1.165, 1.54) is 53.2 Å². The molecule has 0 bridgehead atoms. The van der Waals surface area contributed by atoms with Crippen molar-refractivity contribution in [3.05, 3.63) is 48.3 Å². The molecular weight excluding hydrogens is 423 g/mol. The van der Waals surface area contributed by atoms with Crippen LogP contribution < -0.4 is 9.47 Å². The van der Waals surface area contributed by atoms with E-state index in [4.69, 9.17) is 9.47 Å². The number of sulfonamides is 2. The van der Waals surface area contributed by atoms with E-state index in [9.17, 15) is 21.2 Å². The number of ether oxygens (including phenoxy) is 2. The van der Waals surface area contributed by atoms with E-state index >= 15 is 0 Å². The number of methoxy groups -OCH3 is 2. The zero-order valence-electron chi connectivity index (χ0n) is 15.9. The number of piperazine rings is 1. The molecule has 0 saturated carbocycles. The molecule has 1 heterocycles. The first kappa shape index (κ1) is 21.5. The Morgan fingerprint density at radius 2 is 1.34 bits per heavy atom. The van der Waals surface area contributed by atoms with Gasteiger partial charge in [-0.05, 0) is 36.4 Å². The molecule has 1 saturated heterocycles. The number of hydrogen-bond donors (Lipinski definition) is 0. The average Bonchev–Trinajstić information content (AvgIpc) is 2.73. The fraction of sp³-hybridized carbons (Fsp3) is 0.333. The molecule has 3 rings (SSSR count). The van der Waals surface area contributed by atoms with Crippen molar-refractivity contribution in [2.75, 3.05) is 40.4 Å². The van der Waals surface area contributed by atoms with Gasteiger partial charge >= 0.3 is 0 Å². The van der Waals surface area contributed by atoms with Crippen LogP contribution in [0.2, 0.25) is 0 Å². The Morgan fingerprint density at radius 3 is 1.86 bits per heavy atom. The summed E-state index contributed by atoms with van der Waals surface area (Å²) in [4.78, 5) is -0.0531. The summed E-state index contributed by atoms with van der Waals surface area (Å²) >= 11 is 0. The maximum Gasteiger partial charge on any atom is 0.246 e. The molecule has 0 amide bonds. The maximum absolute atomic E-state index is 13.1. The summed E-state index contributed by atoms with van der Waals surface area (Å²) in [6, 6.07) is 8.92. The van der Waals surface area contributed by atoms with Crippen LogP contribution in [-0.2, 0) is 20.0 Å². The van der Waals surface area contributed by atoms with Gasteiger partial charge in [-0.1, -0.05) is 0 Å². The van der Waals surface area contributed by atoms with E-state index in [0.29, 0.717) is 5.75 Å². The van der Waals surface area contributed by atoms with E-state index in [2.05, 4.69) is 0 Å². The zero-order chi connectivity index (χ0) is 21.2. The molecule has 2 aromatic rings. The third kappa shape index (κ3) is 4.22. The van der Waals surface area contributed by atoms with Crippen LogP contribution >= 0.6 is 0 Å². The lowest BCUT2D eigenvalue weighted by Crippen LogP contribution is -2.50. The van der Waals surface area contributed by atoms with Gasteiger partial charge < -0.3 is 9.47 Å². The summed E-state index contributed by atoms with van der Waals surface area (Å²) in [5.41, 5.74) is 0. The minimum atomic E-state index is -3.89. The second kappa shape index (κ2) is 8.27. The molecule has 1 aliphatic heterocycles. The molecule has 0 aliphatic carbocycles. The van der Waals surface area contributed by atoms with Gasteiger partial charge in [0.05, 0.1) is 19.1 Å². The highest BCUT2D eigenvalue weighted by Gasteiger charge is 2.35. The fourth-order valence-corrected chi connectivity index (χ4v) is 6.01. The lowest BCUT2D eigenvalue weighted by atomic mass is 10.3. The van der Waals surface area contributed by atoms with Gasteiger partial charge in [-0.2, -0.15) is 8.61 Å². The molecule has 0 radical (unpaired) electrons. The van der Waals surface area contributed by atoms with Crippen molar-refractivity contribution in [2.24, 2.45) is 0 Å². The second-order valence-corrected chi connectivity index (χ2v) is 10.1. The van der Waals surface area contributed by atoms with Crippen molar-refractivity contribution in [2.45, 2.75) is 9.79 Å². The van der Waals surface area contributed by atoms with Gasteiger partial charge in [0, 0.05) is 32.2 Å². The first-order chi connectivity index (χ1) is 13.7. The first-order valence-corrected chi connectivity index (χ1v) is 11.6. The van der Waals surface area contributed by atoms with Crippen LogP contribution in [-0.4, -0.2) is 65.8 Å². The van der Waals surface area contributed by atoms with Crippen molar-refractivity contribution in [3.63, 3.8) is 0 Å². The van der Waals surface area contributed by atoms with Crippen LogP contribution in [0.5, 0.6) is 11.5 Å². The van der Waals surface area contributed by atoms with Crippen molar-refractivity contribution in [1.29, 1.82) is 0 Å². The lowest BCUT2D eigenvalue weighted by molar-refractivity contribution is 0.272. The van der Waals surface area contributed by atoms with Crippen molar-refractivity contribution in [1.82, 2.24) is 8.61 Å². The Balaban J connectivity index is 1.79. The predicted octanol–water partition coefficient (Wildman–Crippen LogP) is 1.54. The monoisotopic (exact) mass is 444 g/mol. The minimum Gasteiger partial charge on any atom is -0.497 e. The minimum absolute atomic E-state index is 0.0159. The third-order valence-corrected chi connectivity index (χ3v) is 8.49. The average molecular weight is 445 g/mol. The largest absolute Gasteiger partial charge is 0.497 e. The molecular formula is C18H21FN2O6S2. The summed E-state index contributed by atoms with van der Waals surface area (Å²) in [6.07, 6.45) is 0. The fourth-order valence-electron chi connectivity index (χ4n) is 3.03. The highest BCUT2D eigenvalue weighted by atomic mass is 32.2. The number of benzene rings is 2. The summed E-state index contributed by atoms with van der Waals surface area (Å²) in [5.74, 6) is 0.0648. The van der Waals surface area contributed by atoms with E-state index in [0.717, 1.165) is 12.1 Å². The molecule has 11 heteroatoms. The lowest BCUT2D eigenvalue weighted by Gasteiger charge is -2.33. The van der Waals surface area contributed by atoms with Crippen molar-refractivity contribution >= 4 is 20.0 Å². The normalized spacial score (nSPS) is 16.5. The second-order valence-electron chi connectivity index (χ2n) is 6.28. The molecule has 0 aromatic heterocycles. The van der Waals surface area contributed by atoms with Gasteiger partial charge in [-0.3, -0.25) is 0 Å². The first-order valence-electron chi connectivity index (χ1n) is 8.68. The quantitative estimate of drug-likeness (QED) is 0.671. The maximum atomic E-state index is 13.1. The molecule has 1 fully saturated rings. The van der Waals surface area contributed by atoms with Crippen molar-refractivity contribution < 1.29 is 30.7 Å². The Hall–Kier alpha value is -2.21. The SMILES string of the molecule is COc1ccc(S(=O)(=O)N2CCN(S(=O)(=O)c3ccc(F)cc3)CC2)c(OC)c1. The molecule has 0 spiro atoms. The molecule has 1 aliphatic rings. The van der Waals surface area contributed by atoms with Crippen molar-refractivity contribution in [3.8, 4) is 11.5 Å². The van der Waals surface area contributed by atoms with Crippen LogP contribution in [0.25, 0.3) is 0 Å². The molecule has 0 unspecified atom stereocenters. The van der Waals surface area contributed by atoms with Gasteiger partial charge in [0.1, 0.15) is 22.2 Å². The number of rotatable bonds is 6. The van der Waals surface area contributed by atoms with Gasteiger partial charge in [0.2, 0.25) is 20.0 Å². The number of halogens is 1. The molecule has 29 heavy (non-hydrogen) atoms.